The van der Waals surface area contributed by atoms with Gasteiger partial charge in [0.15, 0.2) is 5.76 Å². The highest BCUT2D eigenvalue weighted by molar-refractivity contribution is 9.10. The molecule has 27 heavy (non-hydrogen) atoms. The zero-order valence-electron chi connectivity index (χ0n) is 15.0. The van der Waals surface area contributed by atoms with Crippen LogP contribution in [-0.4, -0.2) is 25.2 Å². The molecular weight excluding hydrogens is 430 g/mol. The van der Waals surface area contributed by atoms with Gasteiger partial charge in [0.05, 0.1) is 11.9 Å². The van der Waals surface area contributed by atoms with E-state index in [9.17, 15) is 4.79 Å². The lowest BCUT2D eigenvalue weighted by molar-refractivity contribution is 0.0929. The molecule has 1 N–H and O–H groups in total. The molecular formula is C20H19BrClN3O2. The quantitative estimate of drug-likeness (QED) is 0.402. The van der Waals surface area contributed by atoms with E-state index in [-0.39, 0.29) is 5.76 Å². The zero-order valence-corrected chi connectivity index (χ0v) is 17.3. The van der Waals surface area contributed by atoms with Crippen molar-refractivity contribution in [1.29, 1.82) is 0 Å². The predicted molar refractivity (Wildman–Crippen MR) is 114 cm³/mol. The summed E-state index contributed by atoms with van der Waals surface area (Å²) in [4.78, 5) is 14.5. The lowest BCUT2D eigenvalue weighted by atomic mass is 10.2. The number of benzene rings is 2. The number of rotatable bonds is 6. The Balaban J connectivity index is 1.69. The van der Waals surface area contributed by atoms with Crippen molar-refractivity contribution in [3.05, 3.63) is 63.3 Å². The fraction of sp³-hybridized carbons (Fsp3) is 0.200. The van der Waals surface area contributed by atoms with Gasteiger partial charge < -0.3 is 9.32 Å². The maximum absolute atomic E-state index is 12.2. The summed E-state index contributed by atoms with van der Waals surface area (Å²) in [6.07, 6.45) is 1.59. The Morgan fingerprint density at radius 1 is 1.22 bits per heavy atom. The minimum absolute atomic E-state index is 0.183. The van der Waals surface area contributed by atoms with E-state index >= 15 is 0 Å². The molecule has 0 aliphatic rings. The number of nitrogens with one attached hydrogen (secondary N) is 1. The topological polar surface area (TPSA) is 57.8 Å². The van der Waals surface area contributed by atoms with Crippen molar-refractivity contribution in [2.75, 3.05) is 18.0 Å². The SMILES string of the molecule is CCN(CC)c1ccc(/C=N/NC(=O)c2cc3cc(Cl)ccc3o2)cc1Br. The molecule has 1 heterocycles. The first kappa shape index (κ1) is 19.5. The number of hydrogen-bond acceptors (Lipinski definition) is 4. The molecule has 0 unspecified atom stereocenters. The van der Waals surface area contributed by atoms with Crippen LogP contribution in [0.4, 0.5) is 5.69 Å². The average Bonchev–Trinajstić information content (AvgIpc) is 3.07. The molecule has 0 bridgehead atoms. The van der Waals surface area contributed by atoms with Gasteiger partial charge in [0, 0.05) is 28.0 Å². The minimum Gasteiger partial charge on any atom is -0.451 e. The Morgan fingerprint density at radius 2 is 2.00 bits per heavy atom. The van der Waals surface area contributed by atoms with Gasteiger partial charge in [0.2, 0.25) is 0 Å². The summed E-state index contributed by atoms with van der Waals surface area (Å²) >= 11 is 9.54. The highest BCUT2D eigenvalue weighted by atomic mass is 79.9. The predicted octanol–water partition coefficient (Wildman–Crippen LogP) is 5.46. The number of anilines is 1. The number of hydrazone groups is 1. The lowest BCUT2D eigenvalue weighted by Crippen LogP contribution is -2.22. The van der Waals surface area contributed by atoms with Crippen molar-refractivity contribution >= 4 is 56.3 Å². The van der Waals surface area contributed by atoms with Gasteiger partial charge in [-0.05, 0) is 71.7 Å². The molecule has 0 radical (unpaired) electrons. The molecule has 0 saturated carbocycles. The van der Waals surface area contributed by atoms with Gasteiger partial charge in [-0.2, -0.15) is 5.10 Å². The number of carbonyl (C=O) groups is 1. The zero-order chi connectivity index (χ0) is 19.4. The number of hydrogen-bond donors (Lipinski definition) is 1. The van der Waals surface area contributed by atoms with Crippen molar-refractivity contribution in [2.45, 2.75) is 13.8 Å². The van der Waals surface area contributed by atoms with Crippen LogP contribution in [0.3, 0.4) is 0 Å². The molecule has 5 nitrogen and oxygen atoms in total. The molecule has 7 heteroatoms. The van der Waals surface area contributed by atoms with E-state index in [0.717, 1.165) is 34.2 Å². The Hall–Kier alpha value is -2.31. The number of furan rings is 1. The summed E-state index contributed by atoms with van der Waals surface area (Å²) in [5.74, 6) is -0.236. The van der Waals surface area contributed by atoms with E-state index in [0.29, 0.717) is 10.6 Å². The van der Waals surface area contributed by atoms with Gasteiger partial charge in [-0.1, -0.05) is 17.7 Å². The first-order valence-electron chi connectivity index (χ1n) is 8.58. The van der Waals surface area contributed by atoms with Gasteiger partial charge in [-0.15, -0.1) is 0 Å². The second-order valence-electron chi connectivity index (χ2n) is 5.88. The number of amides is 1. The summed E-state index contributed by atoms with van der Waals surface area (Å²) in [7, 11) is 0. The second-order valence-corrected chi connectivity index (χ2v) is 7.17. The monoisotopic (exact) mass is 447 g/mol. The van der Waals surface area contributed by atoms with Crippen molar-refractivity contribution < 1.29 is 9.21 Å². The molecule has 0 aliphatic carbocycles. The van der Waals surface area contributed by atoms with E-state index in [2.05, 4.69) is 45.2 Å². The van der Waals surface area contributed by atoms with Crippen LogP contribution >= 0.6 is 27.5 Å². The Bertz CT molecular complexity index is 996. The van der Waals surface area contributed by atoms with Crippen LogP contribution in [-0.2, 0) is 0 Å². The molecule has 1 amide bonds. The standard InChI is InChI=1S/C20H19BrClN3O2/c1-3-25(4-2)17-7-5-13(9-16(17)21)12-23-24-20(26)19-11-14-10-15(22)6-8-18(14)27-19/h5-12H,3-4H2,1-2H3,(H,24,26)/b23-12+. The lowest BCUT2D eigenvalue weighted by Gasteiger charge is -2.22. The second kappa shape index (κ2) is 8.59. The highest BCUT2D eigenvalue weighted by Gasteiger charge is 2.12. The Morgan fingerprint density at radius 3 is 2.70 bits per heavy atom. The maximum Gasteiger partial charge on any atom is 0.307 e. The summed E-state index contributed by atoms with van der Waals surface area (Å²) in [5.41, 5.74) is 5.08. The van der Waals surface area contributed by atoms with Crippen molar-refractivity contribution in [1.82, 2.24) is 5.43 Å². The van der Waals surface area contributed by atoms with E-state index < -0.39 is 5.91 Å². The molecule has 0 fully saturated rings. The molecule has 140 valence electrons. The summed E-state index contributed by atoms with van der Waals surface area (Å²) in [6, 6.07) is 12.8. The van der Waals surface area contributed by atoms with Gasteiger partial charge in [0.1, 0.15) is 5.58 Å². The summed E-state index contributed by atoms with van der Waals surface area (Å²) < 4.78 is 6.50. The van der Waals surface area contributed by atoms with Crippen LogP contribution < -0.4 is 10.3 Å². The van der Waals surface area contributed by atoms with Crippen molar-refractivity contribution in [3.8, 4) is 0 Å². The van der Waals surface area contributed by atoms with Gasteiger partial charge >= 0.3 is 5.91 Å². The highest BCUT2D eigenvalue weighted by Crippen LogP contribution is 2.27. The normalized spacial score (nSPS) is 11.3. The summed E-state index contributed by atoms with van der Waals surface area (Å²) in [5, 5.41) is 5.38. The number of fused-ring (bicyclic) bond motifs is 1. The Kier molecular flexibility index (Phi) is 6.19. The van der Waals surface area contributed by atoms with Gasteiger partial charge in [0.25, 0.3) is 0 Å². The minimum atomic E-state index is -0.419. The third-order valence-corrected chi connectivity index (χ3v) is 5.03. The van der Waals surface area contributed by atoms with Crippen LogP contribution in [0.5, 0.6) is 0 Å². The molecule has 1 aromatic heterocycles. The molecule has 3 aromatic rings. The molecule has 3 rings (SSSR count). The molecule has 0 aliphatic heterocycles. The van der Waals surface area contributed by atoms with Gasteiger partial charge in [-0.3, -0.25) is 4.79 Å². The van der Waals surface area contributed by atoms with E-state index in [1.807, 2.05) is 18.2 Å². The van der Waals surface area contributed by atoms with E-state index in [4.69, 9.17) is 16.0 Å². The van der Waals surface area contributed by atoms with E-state index in [1.54, 1.807) is 30.5 Å². The Labute approximate surface area is 171 Å². The van der Waals surface area contributed by atoms with Crippen LogP contribution in [0.25, 0.3) is 11.0 Å². The maximum atomic E-state index is 12.2. The van der Waals surface area contributed by atoms with Crippen LogP contribution in [0.15, 0.2) is 56.5 Å². The smallest absolute Gasteiger partial charge is 0.307 e. The number of halogens is 2. The van der Waals surface area contributed by atoms with E-state index in [1.165, 1.54) is 0 Å². The van der Waals surface area contributed by atoms with Crippen LogP contribution in [0.2, 0.25) is 5.02 Å². The van der Waals surface area contributed by atoms with Crippen LogP contribution in [0, 0.1) is 0 Å². The third kappa shape index (κ3) is 4.51. The summed E-state index contributed by atoms with van der Waals surface area (Å²) in [6.45, 7) is 6.10. The van der Waals surface area contributed by atoms with Crippen LogP contribution in [0.1, 0.15) is 30.0 Å². The average molecular weight is 449 g/mol. The fourth-order valence-corrected chi connectivity index (χ4v) is 3.60. The number of carbonyl (C=O) groups excluding carboxylic acids is 1. The molecule has 0 atom stereocenters. The first-order valence-corrected chi connectivity index (χ1v) is 9.76. The first-order chi connectivity index (χ1) is 13.0. The fourth-order valence-electron chi connectivity index (χ4n) is 2.77. The third-order valence-electron chi connectivity index (χ3n) is 4.16. The van der Waals surface area contributed by atoms with Gasteiger partial charge in [-0.25, -0.2) is 5.43 Å². The van der Waals surface area contributed by atoms with Crippen molar-refractivity contribution in [3.63, 3.8) is 0 Å². The molecule has 0 saturated heterocycles. The van der Waals surface area contributed by atoms with Crippen molar-refractivity contribution in [2.24, 2.45) is 5.10 Å². The molecule has 0 spiro atoms. The number of nitrogens with zero attached hydrogens (tertiary/aromatic N) is 2. The largest absolute Gasteiger partial charge is 0.451 e. The molecule has 2 aromatic carbocycles.